The molecule has 4 heteroatoms. The highest BCUT2D eigenvalue weighted by Crippen LogP contribution is 2.15. The third kappa shape index (κ3) is 2.17. The van der Waals surface area contributed by atoms with E-state index in [2.05, 4.69) is 4.98 Å². The first kappa shape index (κ1) is 10.2. The van der Waals surface area contributed by atoms with Crippen molar-refractivity contribution in [1.29, 1.82) is 0 Å². The third-order valence-electron chi connectivity index (χ3n) is 2.11. The normalized spacial score (nSPS) is 11.4. The number of carboxylic acids is 1. The van der Waals surface area contributed by atoms with Gasteiger partial charge in [-0.25, -0.2) is 9.78 Å². The van der Waals surface area contributed by atoms with Gasteiger partial charge >= 0.3 is 5.97 Å². The van der Waals surface area contributed by atoms with E-state index in [4.69, 9.17) is 5.11 Å². The van der Waals surface area contributed by atoms with Crippen LogP contribution in [0.5, 0.6) is 0 Å². The molecule has 0 unspecified atom stereocenters. The van der Waals surface area contributed by atoms with Crippen molar-refractivity contribution in [3.8, 4) is 0 Å². The molecule has 1 aromatic carbocycles. The Morgan fingerprint density at radius 3 is 2.62 bits per heavy atom. The van der Waals surface area contributed by atoms with Gasteiger partial charge in [0.25, 0.3) is 0 Å². The minimum atomic E-state index is -0.979. The van der Waals surface area contributed by atoms with E-state index in [1.54, 1.807) is 23.3 Å². The molecule has 0 fully saturated rings. The highest BCUT2D eigenvalue weighted by molar-refractivity contribution is 5.89. The smallest absolute Gasteiger partial charge is 0.330 e. The Morgan fingerprint density at radius 2 is 2.06 bits per heavy atom. The van der Waals surface area contributed by atoms with Gasteiger partial charge in [-0.3, -0.25) is 0 Å². The summed E-state index contributed by atoms with van der Waals surface area (Å²) < 4.78 is 1.67. The van der Waals surface area contributed by atoms with Crippen LogP contribution in [0.2, 0.25) is 0 Å². The number of rotatable bonds is 3. The quantitative estimate of drug-likeness (QED) is 0.793. The largest absolute Gasteiger partial charge is 0.478 e. The van der Waals surface area contributed by atoms with E-state index in [-0.39, 0.29) is 0 Å². The van der Waals surface area contributed by atoms with Crippen LogP contribution < -0.4 is 0 Å². The number of carbonyl (C=O) groups is 1. The number of hydrogen-bond donors (Lipinski definition) is 1. The van der Waals surface area contributed by atoms with E-state index in [1.165, 1.54) is 0 Å². The molecule has 0 spiro atoms. The molecule has 0 aliphatic rings. The highest BCUT2D eigenvalue weighted by atomic mass is 16.4. The summed E-state index contributed by atoms with van der Waals surface area (Å²) in [5.74, 6) is -0.979. The Balaban J connectivity index is 2.49. The summed E-state index contributed by atoms with van der Waals surface area (Å²) in [6, 6.07) is 9.32. The van der Waals surface area contributed by atoms with E-state index in [0.29, 0.717) is 5.70 Å². The predicted molar refractivity (Wildman–Crippen MR) is 59.7 cm³/mol. The fraction of sp³-hybridized carbons (Fsp3) is 0. The maximum absolute atomic E-state index is 10.8. The Morgan fingerprint density at radius 1 is 1.31 bits per heavy atom. The molecular weight excluding hydrogens is 204 g/mol. The van der Waals surface area contributed by atoms with Gasteiger partial charge in [0, 0.05) is 18.5 Å². The Kier molecular flexibility index (Phi) is 2.82. The molecule has 2 aromatic rings. The molecule has 0 radical (unpaired) electrons. The minimum absolute atomic E-state index is 0.589. The second kappa shape index (κ2) is 4.44. The van der Waals surface area contributed by atoms with E-state index >= 15 is 0 Å². The Bertz CT molecular complexity index is 501. The van der Waals surface area contributed by atoms with Gasteiger partial charge in [-0.05, 0) is 5.56 Å². The van der Waals surface area contributed by atoms with Crippen molar-refractivity contribution in [2.75, 3.05) is 0 Å². The molecule has 1 N–H and O–H groups in total. The Labute approximate surface area is 92.5 Å². The van der Waals surface area contributed by atoms with Crippen LogP contribution in [0.25, 0.3) is 5.70 Å². The van der Waals surface area contributed by atoms with Gasteiger partial charge in [0.1, 0.15) is 0 Å². The van der Waals surface area contributed by atoms with Crippen molar-refractivity contribution < 1.29 is 9.90 Å². The molecule has 2 rings (SSSR count). The summed E-state index contributed by atoms with van der Waals surface area (Å²) in [7, 11) is 0. The van der Waals surface area contributed by atoms with Gasteiger partial charge in [0.05, 0.1) is 12.0 Å². The van der Waals surface area contributed by atoms with Gasteiger partial charge in [-0.2, -0.15) is 0 Å². The van der Waals surface area contributed by atoms with Crippen molar-refractivity contribution in [2.24, 2.45) is 0 Å². The fourth-order valence-electron chi connectivity index (χ4n) is 1.43. The lowest BCUT2D eigenvalue weighted by Gasteiger charge is -2.07. The summed E-state index contributed by atoms with van der Waals surface area (Å²) >= 11 is 0. The van der Waals surface area contributed by atoms with Crippen LogP contribution in [0, 0.1) is 0 Å². The van der Waals surface area contributed by atoms with Crippen LogP contribution in [-0.4, -0.2) is 20.6 Å². The lowest BCUT2D eigenvalue weighted by molar-refractivity contribution is -0.131. The van der Waals surface area contributed by atoms with E-state index in [9.17, 15) is 4.79 Å². The van der Waals surface area contributed by atoms with Gasteiger partial charge in [-0.15, -0.1) is 0 Å². The average Bonchev–Trinajstić information content (AvgIpc) is 2.80. The second-order valence-electron chi connectivity index (χ2n) is 3.20. The minimum Gasteiger partial charge on any atom is -0.478 e. The second-order valence-corrected chi connectivity index (χ2v) is 3.20. The zero-order chi connectivity index (χ0) is 11.4. The summed E-state index contributed by atoms with van der Waals surface area (Å²) in [5, 5.41) is 8.83. The first-order valence-corrected chi connectivity index (χ1v) is 4.76. The summed E-state index contributed by atoms with van der Waals surface area (Å²) in [6.07, 6.45) is 6.05. The number of benzene rings is 1. The summed E-state index contributed by atoms with van der Waals surface area (Å²) in [5.41, 5.74) is 1.42. The fourth-order valence-corrected chi connectivity index (χ4v) is 1.43. The number of nitrogens with zero attached hydrogens (tertiary/aromatic N) is 2. The molecular formula is C12H10N2O2. The topological polar surface area (TPSA) is 55.1 Å². The molecule has 0 bridgehead atoms. The molecule has 1 aromatic heterocycles. The third-order valence-corrected chi connectivity index (χ3v) is 2.11. The molecule has 0 aliphatic heterocycles. The molecule has 4 nitrogen and oxygen atoms in total. The maximum atomic E-state index is 10.8. The molecule has 0 saturated heterocycles. The molecule has 0 amide bonds. The standard InChI is InChI=1S/C12H10N2O2/c15-12(16)8-11(14-7-6-13-9-14)10-4-2-1-3-5-10/h1-9H,(H,15,16). The van der Waals surface area contributed by atoms with Crippen molar-refractivity contribution in [2.45, 2.75) is 0 Å². The highest BCUT2D eigenvalue weighted by Gasteiger charge is 2.05. The monoisotopic (exact) mass is 214 g/mol. The van der Waals surface area contributed by atoms with Gasteiger partial charge in [0.2, 0.25) is 0 Å². The SMILES string of the molecule is O=C(O)C=C(c1ccccc1)n1ccnc1. The predicted octanol–water partition coefficient (Wildman–Crippen LogP) is 1.86. The molecule has 0 atom stereocenters. The number of aromatic nitrogens is 2. The van der Waals surface area contributed by atoms with Crippen LogP contribution in [0.3, 0.4) is 0 Å². The molecule has 80 valence electrons. The van der Waals surface area contributed by atoms with Gasteiger partial charge in [0.15, 0.2) is 0 Å². The van der Waals surface area contributed by atoms with Crippen LogP contribution in [-0.2, 0) is 4.79 Å². The van der Waals surface area contributed by atoms with Crippen molar-refractivity contribution >= 4 is 11.7 Å². The van der Waals surface area contributed by atoms with E-state index in [0.717, 1.165) is 11.6 Å². The number of imidazole rings is 1. The molecule has 0 saturated carbocycles. The van der Waals surface area contributed by atoms with Crippen molar-refractivity contribution in [1.82, 2.24) is 9.55 Å². The van der Waals surface area contributed by atoms with Crippen LogP contribution >= 0.6 is 0 Å². The first-order valence-electron chi connectivity index (χ1n) is 4.76. The number of hydrogen-bond acceptors (Lipinski definition) is 2. The first-order chi connectivity index (χ1) is 7.77. The molecule has 1 heterocycles. The van der Waals surface area contributed by atoms with Crippen LogP contribution in [0.4, 0.5) is 0 Å². The van der Waals surface area contributed by atoms with Crippen molar-refractivity contribution in [3.05, 3.63) is 60.7 Å². The van der Waals surface area contributed by atoms with Gasteiger partial charge < -0.3 is 9.67 Å². The zero-order valence-corrected chi connectivity index (χ0v) is 8.45. The summed E-state index contributed by atoms with van der Waals surface area (Å²) in [4.78, 5) is 14.7. The van der Waals surface area contributed by atoms with E-state index < -0.39 is 5.97 Å². The van der Waals surface area contributed by atoms with Gasteiger partial charge in [-0.1, -0.05) is 30.3 Å². The maximum Gasteiger partial charge on any atom is 0.330 e. The zero-order valence-electron chi connectivity index (χ0n) is 8.45. The molecule has 0 aliphatic carbocycles. The lowest BCUT2D eigenvalue weighted by atomic mass is 10.1. The number of aliphatic carboxylic acids is 1. The lowest BCUT2D eigenvalue weighted by Crippen LogP contribution is -2.00. The van der Waals surface area contributed by atoms with E-state index in [1.807, 2.05) is 30.3 Å². The van der Waals surface area contributed by atoms with Crippen molar-refractivity contribution in [3.63, 3.8) is 0 Å². The van der Waals surface area contributed by atoms with Crippen LogP contribution in [0.15, 0.2) is 55.1 Å². The Hall–Kier alpha value is -2.36. The summed E-state index contributed by atoms with van der Waals surface area (Å²) in [6.45, 7) is 0. The number of carboxylic acid groups (broad SMARTS) is 1. The average molecular weight is 214 g/mol. The molecule has 16 heavy (non-hydrogen) atoms. The van der Waals surface area contributed by atoms with Crippen LogP contribution in [0.1, 0.15) is 5.56 Å².